The van der Waals surface area contributed by atoms with Crippen molar-refractivity contribution in [2.75, 3.05) is 0 Å². The Morgan fingerprint density at radius 2 is 0.833 bits per heavy atom. The molecular formula is C12H14. The van der Waals surface area contributed by atoms with E-state index in [1.54, 1.807) is 25.7 Å². The normalized spacial score (nSPS) is 104. The Kier molecular flexibility index (Phi) is 0.288. The van der Waals surface area contributed by atoms with E-state index in [0.29, 0.717) is 0 Å². The lowest BCUT2D eigenvalue weighted by Crippen LogP contribution is -2.44. The van der Waals surface area contributed by atoms with Gasteiger partial charge < -0.3 is 0 Å². The Hall–Kier alpha value is 0. The topological polar surface area (TPSA) is 0 Å². The monoisotopic (exact) mass is 158 g/mol. The summed E-state index contributed by atoms with van der Waals surface area (Å²) in [6.07, 6.45) is 6.55. The summed E-state index contributed by atoms with van der Waals surface area (Å²) < 4.78 is 0. The average Bonchev–Trinajstić information content (AvgIpc) is 2.75. The van der Waals surface area contributed by atoms with Crippen LogP contribution < -0.4 is 0 Å². The molecule has 0 aliphatic heterocycles. The summed E-state index contributed by atoms with van der Waals surface area (Å²) in [5.41, 5.74) is 5.68. The maximum absolute atomic E-state index is 2.63. The van der Waals surface area contributed by atoms with Crippen LogP contribution in [0.2, 0.25) is 0 Å². The molecule has 0 aromatic heterocycles. The molecule has 6 aliphatic carbocycles. The molecule has 62 valence electrons. The molecule has 0 saturated heterocycles. The van der Waals surface area contributed by atoms with Gasteiger partial charge in [0.25, 0.3) is 0 Å². The van der Waals surface area contributed by atoms with Crippen molar-refractivity contribution < 1.29 is 0 Å². The quantitative estimate of drug-likeness (QED) is 0.550. The molecule has 6 fully saturated rings. The van der Waals surface area contributed by atoms with E-state index in [2.05, 4.69) is 13.8 Å². The Morgan fingerprint density at radius 1 is 0.583 bits per heavy atom. The molecule has 0 aromatic carbocycles. The molecule has 0 spiro atoms. The van der Waals surface area contributed by atoms with Gasteiger partial charge in [-0.15, -0.1) is 0 Å². The van der Waals surface area contributed by atoms with E-state index in [1.807, 2.05) is 0 Å². The fourth-order valence-corrected chi connectivity index (χ4v) is 6.78. The Morgan fingerprint density at radius 3 is 0.917 bits per heavy atom. The molecule has 0 aromatic rings. The second-order valence-electron chi connectivity index (χ2n) is 7.29. The Bertz CT molecular complexity index is 334. The zero-order valence-corrected chi connectivity index (χ0v) is 7.83. The third-order valence-electron chi connectivity index (χ3n) is 8.45. The maximum atomic E-state index is 2.63. The lowest BCUT2D eigenvalue weighted by Gasteiger charge is -2.50. The maximum Gasteiger partial charge on any atom is -0.0136 e. The van der Waals surface area contributed by atoms with E-state index < -0.39 is 0 Å². The van der Waals surface area contributed by atoms with Crippen LogP contribution in [0, 0.1) is 32.5 Å². The molecule has 0 radical (unpaired) electrons. The standard InChI is InChI=1S/C12H14/c1-7(9-3-10(7,9)4-9)8(2)11-5-12(8,11)6-11/h3-6H2,1-2H3. The molecule has 0 bridgehead atoms. The second kappa shape index (κ2) is 0.688. The molecule has 0 heterocycles. The van der Waals surface area contributed by atoms with Gasteiger partial charge >= 0.3 is 0 Å². The van der Waals surface area contributed by atoms with Gasteiger partial charge in [-0.1, -0.05) is 13.8 Å². The molecule has 0 amide bonds. The Labute approximate surface area is 72.7 Å². The van der Waals surface area contributed by atoms with Crippen molar-refractivity contribution in [2.45, 2.75) is 39.5 Å². The summed E-state index contributed by atoms with van der Waals surface area (Å²) in [7, 11) is 0. The van der Waals surface area contributed by atoms with Crippen molar-refractivity contribution in [3.8, 4) is 0 Å². The molecule has 6 rings (SSSR count). The van der Waals surface area contributed by atoms with Gasteiger partial charge in [0.05, 0.1) is 0 Å². The van der Waals surface area contributed by atoms with Crippen LogP contribution in [0.15, 0.2) is 0 Å². The minimum absolute atomic E-state index is 0.892. The van der Waals surface area contributed by atoms with Crippen molar-refractivity contribution in [3.05, 3.63) is 0 Å². The zero-order chi connectivity index (χ0) is 7.83. The van der Waals surface area contributed by atoms with Gasteiger partial charge in [0.2, 0.25) is 0 Å². The molecule has 0 nitrogen and oxygen atoms in total. The first-order valence-electron chi connectivity index (χ1n) is 5.58. The molecular weight excluding hydrogens is 144 g/mol. The summed E-state index contributed by atoms with van der Waals surface area (Å²) in [6, 6.07) is 0. The summed E-state index contributed by atoms with van der Waals surface area (Å²) >= 11 is 0. The van der Waals surface area contributed by atoms with Gasteiger partial charge in [0.15, 0.2) is 0 Å². The van der Waals surface area contributed by atoms with Crippen LogP contribution in [0.1, 0.15) is 39.5 Å². The minimum Gasteiger partial charge on any atom is -0.0580 e. The van der Waals surface area contributed by atoms with Crippen molar-refractivity contribution in [2.24, 2.45) is 32.5 Å². The summed E-state index contributed by atoms with van der Waals surface area (Å²) in [6.45, 7) is 5.27. The molecule has 12 heavy (non-hydrogen) atoms. The van der Waals surface area contributed by atoms with Crippen molar-refractivity contribution in [1.29, 1.82) is 0 Å². The summed E-state index contributed by atoms with van der Waals surface area (Å²) in [4.78, 5) is 0. The number of hydrogen-bond acceptors (Lipinski definition) is 0. The van der Waals surface area contributed by atoms with Crippen LogP contribution in [0.4, 0.5) is 0 Å². The van der Waals surface area contributed by atoms with Gasteiger partial charge in [-0.3, -0.25) is 0 Å². The predicted octanol–water partition coefficient (Wildman–Crippen LogP) is 2.59. The lowest BCUT2D eigenvalue weighted by molar-refractivity contribution is -0.0254. The molecule has 0 N–H and O–H groups in total. The van der Waals surface area contributed by atoms with E-state index in [4.69, 9.17) is 0 Å². The van der Waals surface area contributed by atoms with E-state index in [9.17, 15) is 0 Å². The van der Waals surface area contributed by atoms with Gasteiger partial charge in [-0.05, 0) is 58.2 Å². The Balaban J connectivity index is 1.61. The van der Waals surface area contributed by atoms with E-state index >= 15 is 0 Å². The van der Waals surface area contributed by atoms with E-state index in [0.717, 1.165) is 32.5 Å². The molecule has 0 unspecified atom stereocenters. The minimum atomic E-state index is 0.892. The largest absolute Gasteiger partial charge is 0.0580 e. The molecule has 6 aliphatic rings. The number of rotatable bonds is 1. The summed E-state index contributed by atoms with van der Waals surface area (Å²) in [5, 5.41) is 0. The van der Waals surface area contributed by atoms with E-state index in [-0.39, 0.29) is 0 Å². The third-order valence-corrected chi connectivity index (χ3v) is 8.45. The van der Waals surface area contributed by atoms with Crippen LogP contribution in [-0.2, 0) is 0 Å². The highest BCUT2D eigenvalue weighted by Crippen LogP contribution is 3.29. The summed E-state index contributed by atoms with van der Waals surface area (Å²) in [5.74, 6) is 0. The van der Waals surface area contributed by atoms with Gasteiger partial charge in [-0.2, -0.15) is 0 Å². The third kappa shape index (κ3) is 0.144. The van der Waals surface area contributed by atoms with Crippen molar-refractivity contribution in [1.82, 2.24) is 0 Å². The second-order valence-corrected chi connectivity index (χ2v) is 7.29. The van der Waals surface area contributed by atoms with Crippen LogP contribution in [0.5, 0.6) is 0 Å². The zero-order valence-electron chi connectivity index (χ0n) is 7.83. The molecule has 0 atom stereocenters. The van der Waals surface area contributed by atoms with Gasteiger partial charge in [-0.25, -0.2) is 0 Å². The average molecular weight is 158 g/mol. The fraction of sp³-hybridized carbons (Fsp3) is 1.00. The highest BCUT2D eigenvalue weighted by atomic mass is 15.3. The van der Waals surface area contributed by atoms with Gasteiger partial charge in [0.1, 0.15) is 0 Å². The first-order chi connectivity index (χ1) is 5.58. The SMILES string of the molecule is CC1(C2(C)C34CC32C4)C23CC21C3. The van der Waals surface area contributed by atoms with Crippen molar-refractivity contribution in [3.63, 3.8) is 0 Å². The highest BCUT2D eigenvalue weighted by molar-refractivity contribution is 5.71. The lowest BCUT2D eigenvalue weighted by atomic mass is 9.54. The first kappa shape index (κ1) is 5.02. The van der Waals surface area contributed by atoms with E-state index in [1.165, 1.54) is 0 Å². The highest BCUT2D eigenvalue weighted by Gasteiger charge is 3.24. The van der Waals surface area contributed by atoms with Crippen LogP contribution >= 0.6 is 0 Å². The number of hydrogen-bond donors (Lipinski definition) is 0. The van der Waals surface area contributed by atoms with Crippen molar-refractivity contribution >= 4 is 0 Å². The predicted molar refractivity (Wildman–Crippen MR) is 44.4 cm³/mol. The van der Waals surface area contributed by atoms with Crippen LogP contribution in [0.25, 0.3) is 0 Å². The van der Waals surface area contributed by atoms with Crippen LogP contribution in [-0.4, -0.2) is 0 Å². The first-order valence-corrected chi connectivity index (χ1v) is 5.58. The van der Waals surface area contributed by atoms with Crippen LogP contribution in [0.3, 0.4) is 0 Å². The molecule has 0 heteroatoms. The fourth-order valence-electron chi connectivity index (χ4n) is 6.78. The molecule has 6 saturated carbocycles. The smallest absolute Gasteiger partial charge is 0.0136 e. The van der Waals surface area contributed by atoms with Gasteiger partial charge in [0, 0.05) is 0 Å².